The minimum Gasteiger partial charge on any atom is -0.480 e. The Morgan fingerprint density at radius 2 is 1.59 bits per heavy atom. The van der Waals surface area contributed by atoms with E-state index in [2.05, 4.69) is 21.3 Å². The van der Waals surface area contributed by atoms with Crippen LogP contribution in [0.4, 0.5) is 4.79 Å². The van der Waals surface area contributed by atoms with Gasteiger partial charge in [0.2, 0.25) is 11.8 Å². The van der Waals surface area contributed by atoms with E-state index in [1.54, 1.807) is 24.3 Å². The number of benzene rings is 1. The summed E-state index contributed by atoms with van der Waals surface area (Å²) >= 11 is 0. The lowest BCUT2D eigenvalue weighted by Gasteiger charge is -2.22. The van der Waals surface area contributed by atoms with Gasteiger partial charge in [0.1, 0.15) is 6.04 Å². The average Bonchev–Trinajstić information content (AvgIpc) is 2.71. The molecule has 0 bridgehead atoms. The van der Waals surface area contributed by atoms with Crippen LogP contribution in [0.15, 0.2) is 30.3 Å². The Bertz CT molecular complexity index is 704. The highest BCUT2D eigenvalue weighted by atomic mass is 16.4. The summed E-state index contributed by atoms with van der Waals surface area (Å²) in [4.78, 5) is 46.9. The fraction of sp³-hybridized carbons (Fsp3) is 0.500. The standard InChI is InChI=1S/C20H28N4O5/c25-17(12-22-20(29)23-15-9-5-2-6-10-15)21-13-18(26)24-16(19(27)28)11-14-7-3-1-4-8-14/h1,3-4,7-8,15-16H,2,5-6,9-13H2,(H,21,25)(H,24,26)(H,27,28)(H2,22,23,29)/t16-/m1/s1. The molecule has 0 saturated heterocycles. The third-order valence-corrected chi connectivity index (χ3v) is 4.71. The number of hydrogen-bond donors (Lipinski definition) is 5. The van der Waals surface area contributed by atoms with Crippen LogP contribution in [0.2, 0.25) is 0 Å². The lowest BCUT2D eigenvalue weighted by Crippen LogP contribution is -2.49. The van der Waals surface area contributed by atoms with Crippen molar-refractivity contribution in [3.63, 3.8) is 0 Å². The maximum absolute atomic E-state index is 12.0. The normalized spacial score (nSPS) is 15.0. The lowest BCUT2D eigenvalue weighted by molar-refractivity contribution is -0.141. The highest BCUT2D eigenvalue weighted by molar-refractivity contribution is 5.89. The predicted octanol–water partition coefficient (Wildman–Crippen LogP) is 0.547. The van der Waals surface area contributed by atoms with Crippen LogP contribution >= 0.6 is 0 Å². The molecule has 158 valence electrons. The van der Waals surface area contributed by atoms with Crippen molar-refractivity contribution in [3.05, 3.63) is 35.9 Å². The number of aliphatic carboxylic acids is 1. The van der Waals surface area contributed by atoms with Gasteiger partial charge in [-0.05, 0) is 18.4 Å². The van der Waals surface area contributed by atoms with Crippen molar-refractivity contribution >= 4 is 23.8 Å². The number of rotatable bonds is 9. The smallest absolute Gasteiger partial charge is 0.326 e. The molecular formula is C20H28N4O5. The number of hydrogen-bond acceptors (Lipinski definition) is 4. The van der Waals surface area contributed by atoms with Gasteiger partial charge in [0.25, 0.3) is 0 Å². The second-order valence-corrected chi connectivity index (χ2v) is 7.09. The van der Waals surface area contributed by atoms with Crippen LogP contribution in [0.1, 0.15) is 37.7 Å². The van der Waals surface area contributed by atoms with Gasteiger partial charge in [-0.2, -0.15) is 0 Å². The monoisotopic (exact) mass is 404 g/mol. The summed E-state index contributed by atoms with van der Waals surface area (Å²) in [7, 11) is 0. The number of carbonyl (C=O) groups is 4. The fourth-order valence-electron chi connectivity index (χ4n) is 3.18. The van der Waals surface area contributed by atoms with E-state index >= 15 is 0 Å². The number of carboxylic acids is 1. The Morgan fingerprint density at radius 3 is 2.24 bits per heavy atom. The van der Waals surface area contributed by atoms with Gasteiger partial charge in [-0.3, -0.25) is 9.59 Å². The maximum Gasteiger partial charge on any atom is 0.326 e. The molecule has 0 heterocycles. The number of carboxylic acid groups (broad SMARTS) is 1. The first-order valence-corrected chi connectivity index (χ1v) is 9.81. The number of carbonyl (C=O) groups excluding carboxylic acids is 3. The molecule has 1 fully saturated rings. The quantitative estimate of drug-likeness (QED) is 0.409. The molecule has 0 aromatic heterocycles. The third-order valence-electron chi connectivity index (χ3n) is 4.71. The molecule has 9 nitrogen and oxygen atoms in total. The second-order valence-electron chi connectivity index (χ2n) is 7.09. The molecule has 0 unspecified atom stereocenters. The first-order valence-electron chi connectivity index (χ1n) is 9.81. The molecule has 1 aliphatic carbocycles. The number of amides is 4. The zero-order chi connectivity index (χ0) is 21.1. The van der Waals surface area contributed by atoms with Crippen molar-refractivity contribution in [1.29, 1.82) is 0 Å². The van der Waals surface area contributed by atoms with Crippen LogP contribution in [-0.4, -0.2) is 54.1 Å². The summed E-state index contributed by atoms with van der Waals surface area (Å²) in [5.74, 6) is -2.31. The molecule has 9 heteroatoms. The van der Waals surface area contributed by atoms with Crippen LogP contribution < -0.4 is 21.3 Å². The van der Waals surface area contributed by atoms with Gasteiger partial charge >= 0.3 is 12.0 Å². The van der Waals surface area contributed by atoms with Crippen LogP contribution in [0.5, 0.6) is 0 Å². The minimum absolute atomic E-state index is 0.134. The molecule has 1 aliphatic rings. The molecule has 0 radical (unpaired) electrons. The molecule has 0 spiro atoms. The number of urea groups is 1. The zero-order valence-electron chi connectivity index (χ0n) is 16.3. The molecule has 1 saturated carbocycles. The summed E-state index contributed by atoms with van der Waals surface area (Å²) in [5.41, 5.74) is 0.775. The van der Waals surface area contributed by atoms with E-state index in [0.717, 1.165) is 31.2 Å². The van der Waals surface area contributed by atoms with E-state index in [4.69, 9.17) is 0 Å². The van der Waals surface area contributed by atoms with E-state index in [1.807, 2.05) is 6.07 Å². The van der Waals surface area contributed by atoms with Crippen LogP contribution in [0, 0.1) is 0 Å². The van der Waals surface area contributed by atoms with Crippen molar-refractivity contribution in [2.24, 2.45) is 0 Å². The van der Waals surface area contributed by atoms with Gasteiger partial charge < -0.3 is 26.4 Å². The Hall–Kier alpha value is -3.10. The highest BCUT2D eigenvalue weighted by Crippen LogP contribution is 2.17. The van der Waals surface area contributed by atoms with Gasteiger partial charge in [0.05, 0.1) is 13.1 Å². The van der Waals surface area contributed by atoms with Gasteiger partial charge in [-0.25, -0.2) is 9.59 Å². The number of nitrogens with one attached hydrogen (secondary N) is 4. The van der Waals surface area contributed by atoms with Crippen LogP contribution in [0.3, 0.4) is 0 Å². The lowest BCUT2D eigenvalue weighted by atomic mass is 9.96. The van der Waals surface area contributed by atoms with Crippen molar-refractivity contribution < 1.29 is 24.3 Å². The molecule has 29 heavy (non-hydrogen) atoms. The Morgan fingerprint density at radius 1 is 0.931 bits per heavy atom. The second kappa shape index (κ2) is 11.7. The fourth-order valence-corrected chi connectivity index (χ4v) is 3.18. The first kappa shape index (κ1) is 22.2. The summed E-state index contributed by atoms with van der Waals surface area (Å²) in [5, 5.41) is 19.3. The molecule has 4 amide bonds. The molecule has 5 N–H and O–H groups in total. The van der Waals surface area contributed by atoms with E-state index in [0.29, 0.717) is 0 Å². The molecule has 1 aromatic rings. The first-order chi connectivity index (χ1) is 13.9. The Kier molecular flexibility index (Phi) is 8.94. The van der Waals surface area contributed by atoms with Gasteiger partial charge in [-0.15, -0.1) is 0 Å². The largest absolute Gasteiger partial charge is 0.480 e. The summed E-state index contributed by atoms with van der Waals surface area (Å²) in [6.07, 6.45) is 5.36. The van der Waals surface area contributed by atoms with E-state index in [9.17, 15) is 24.3 Å². The minimum atomic E-state index is -1.16. The Balaban J connectivity index is 1.66. The third kappa shape index (κ3) is 8.63. The average molecular weight is 404 g/mol. The topological polar surface area (TPSA) is 137 Å². The van der Waals surface area contributed by atoms with Gasteiger partial charge in [-0.1, -0.05) is 49.6 Å². The summed E-state index contributed by atoms with van der Waals surface area (Å²) < 4.78 is 0. The molecule has 2 rings (SSSR count). The van der Waals surface area contributed by atoms with Crippen molar-refractivity contribution in [2.75, 3.05) is 13.1 Å². The van der Waals surface area contributed by atoms with Crippen molar-refractivity contribution in [1.82, 2.24) is 21.3 Å². The zero-order valence-corrected chi connectivity index (χ0v) is 16.3. The van der Waals surface area contributed by atoms with E-state index in [-0.39, 0.29) is 25.6 Å². The molecular weight excluding hydrogens is 376 g/mol. The molecule has 0 aliphatic heterocycles. The van der Waals surface area contributed by atoms with Crippen molar-refractivity contribution in [3.8, 4) is 0 Å². The Labute approximate surface area is 169 Å². The molecule has 1 aromatic carbocycles. The highest BCUT2D eigenvalue weighted by Gasteiger charge is 2.21. The summed E-state index contributed by atoms with van der Waals surface area (Å²) in [6.45, 7) is -0.637. The molecule has 1 atom stereocenters. The van der Waals surface area contributed by atoms with Crippen molar-refractivity contribution in [2.45, 2.75) is 50.6 Å². The van der Waals surface area contributed by atoms with Gasteiger partial charge in [0.15, 0.2) is 0 Å². The van der Waals surface area contributed by atoms with Crippen LogP contribution in [0.25, 0.3) is 0 Å². The summed E-state index contributed by atoms with van der Waals surface area (Å²) in [6, 6.07) is 7.56. The predicted molar refractivity (Wildman–Crippen MR) is 106 cm³/mol. The van der Waals surface area contributed by atoms with Crippen LogP contribution in [-0.2, 0) is 20.8 Å². The van der Waals surface area contributed by atoms with Gasteiger partial charge in [0, 0.05) is 12.5 Å². The van der Waals surface area contributed by atoms with E-state index in [1.165, 1.54) is 6.42 Å². The SMILES string of the molecule is O=C(CNC(=O)NC1CCCCC1)NCC(=O)N[C@H](Cc1ccccc1)C(=O)O. The maximum atomic E-state index is 12.0. The van der Waals surface area contributed by atoms with E-state index < -0.39 is 29.9 Å².